The zero-order valence-corrected chi connectivity index (χ0v) is 9.41. The fourth-order valence-corrected chi connectivity index (χ4v) is 1.41. The average Bonchev–Trinajstić information content (AvgIpc) is 2.24. The van der Waals surface area contributed by atoms with E-state index in [0.717, 1.165) is 0 Å². The van der Waals surface area contributed by atoms with Gasteiger partial charge in [-0.05, 0) is 22.6 Å². The lowest BCUT2D eigenvalue weighted by Gasteiger charge is -2.09. The van der Waals surface area contributed by atoms with Gasteiger partial charge in [-0.1, -0.05) is 0 Å². The van der Waals surface area contributed by atoms with Crippen LogP contribution in [-0.2, 0) is 0 Å². The lowest BCUT2D eigenvalue weighted by atomic mass is 10.2. The van der Waals surface area contributed by atoms with Crippen LogP contribution in [0.25, 0.3) is 0 Å². The Morgan fingerprint density at radius 3 is 1.87 bits per heavy atom. The molecule has 2 N–H and O–H groups in total. The molecule has 7 heteroatoms. The molecule has 0 heterocycles. The maximum atomic E-state index is 13.1. The summed E-state index contributed by atoms with van der Waals surface area (Å²) in [6, 6.07) is 0. The fourth-order valence-electron chi connectivity index (χ4n) is 0.941. The Bertz CT molecular complexity index is 356. The van der Waals surface area contributed by atoms with Crippen molar-refractivity contribution in [2.45, 2.75) is 0 Å². The van der Waals surface area contributed by atoms with E-state index in [9.17, 15) is 17.6 Å². The summed E-state index contributed by atoms with van der Waals surface area (Å²) in [6.07, 6.45) is 0. The highest BCUT2D eigenvalue weighted by molar-refractivity contribution is 14.1. The van der Waals surface area contributed by atoms with E-state index in [1.54, 1.807) is 0 Å². The van der Waals surface area contributed by atoms with Gasteiger partial charge in [0.25, 0.3) is 0 Å². The maximum absolute atomic E-state index is 13.1. The Balaban J connectivity index is 3.26. The summed E-state index contributed by atoms with van der Waals surface area (Å²) in [4.78, 5) is 0. The van der Waals surface area contributed by atoms with Crippen molar-refractivity contribution in [2.24, 2.45) is 0 Å². The van der Waals surface area contributed by atoms with Crippen LogP contribution in [0.1, 0.15) is 0 Å². The molecule has 1 aromatic carbocycles. The molecule has 0 unspecified atom stereocenters. The van der Waals surface area contributed by atoms with Gasteiger partial charge in [0, 0.05) is 6.54 Å². The molecule has 0 saturated carbocycles. The van der Waals surface area contributed by atoms with E-state index in [2.05, 4.69) is 5.32 Å². The van der Waals surface area contributed by atoms with Crippen molar-refractivity contribution in [3.05, 3.63) is 26.8 Å². The highest BCUT2D eigenvalue weighted by Crippen LogP contribution is 2.28. The molecule has 84 valence electrons. The van der Waals surface area contributed by atoms with Crippen LogP contribution in [-0.4, -0.2) is 18.3 Å². The Kier molecular flexibility index (Phi) is 4.14. The van der Waals surface area contributed by atoms with Crippen LogP contribution in [0.2, 0.25) is 0 Å². The Labute approximate surface area is 96.4 Å². The molecule has 2 nitrogen and oxygen atoms in total. The Morgan fingerprint density at radius 2 is 1.47 bits per heavy atom. The molecule has 0 aliphatic carbocycles. The van der Waals surface area contributed by atoms with Crippen LogP contribution in [0.5, 0.6) is 0 Å². The molecule has 1 rings (SSSR count). The first kappa shape index (κ1) is 12.5. The summed E-state index contributed by atoms with van der Waals surface area (Å²) in [5, 5.41) is 10.5. The molecule has 0 fully saturated rings. The van der Waals surface area contributed by atoms with Crippen molar-refractivity contribution in [1.82, 2.24) is 0 Å². The van der Waals surface area contributed by atoms with Gasteiger partial charge in [0.15, 0.2) is 23.3 Å². The minimum absolute atomic E-state index is 0.201. The van der Waals surface area contributed by atoms with Gasteiger partial charge in [-0.3, -0.25) is 0 Å². The van der Waals surface area contributed by atoms with Crippen LogP contribution >= 0.6 is 22.6 Å². The van der Waals surface area contributed by atoms with E-state index in [4.69, 9.17) is 5.11 Å². The lowest BCUT2D eigenvalue weighted by Crippen LogP contribution is -2.12. The molecule has 0 saturated heterocycles. The first-order valence-electron chi connectivity index (χ1n) is 3.86. The summed E-state index contributed by atoms with van der Waals surface area (Å²) in [5.41, 5.74) is -0.903. The number of aliphatic hydroxyl groups is 1. The molecule has 0 atom stereocenters. The number of anilines is 1. The maximum Gasteiger partial charge on any atom is 0.186 e. The number of halogens is 5. The van der Waals surface area contributed by atoms with Crippen molar-refractivity contribution in [2.75, 3.05) is 18.5 Å². The third-order valence-corrected chi connectivity index (χ3v) is 2.57. The third-order valence-electron chi connectivity index (χ3n) is 1.62. The molecule has 0 bridgehead atoms. The Hall–Kier alpha value is -0.570. The average molecular weight is 335 g/mol. The first-order chi connectivity index (χ1) is 7.00. The van der Waals surface area contributed by atoms with Crippen LogP contribution in [0, 0.1) is 26.8 Å². The second kappa shape index (κ2) is 4.97. The van der Waals surface area contributed by atoms with E-state index >= 15 is 0 Å². The summed E-state index contributed by atoms with van der Waals surface area (Å²) in [7, 11) is 0. The van der Waals surface area contributed by atoms with Gasteiger partial charge >= 0.3 is 0 Å². The molecule has 0 aromatic heterocycles. The fraction of sp³-hybridized carbons (Fsp3) is 0.250. The van der Waals surface area contributed by atoms with E-state index in [0.29, 0.717) is 0 Å². The number of aliphatic hydroxyl groups excluding tert-OH is 1. The van der Waals surface area contributed by atoms with Gasteiger partial charge in [-0.2, -0.15) is 0 Å². The van der Waals surface area contributed by atoms with E-state index in [1.165, 1.54) is 22.6 Å². The summed E-state index contributed by atoms with van der Waals surface area (Å²) in [6.45, 7) is -0.610. The summed E-state index contributed by atoms with van der Waals surface area (Å²) in [5.74, 6) is -5.89. The van der Waals surface area contributed by atoms with Gasteiger partial charge in [0.05, 0.1) is 10.2 Å². The number of nitrogens with one attached hydrogen (secondary N) is 1. The monoisotopic (exact) mass is 335 g/mol. The molecular weight excluding hydrogens is 329 g/mol. The largest absolute Gasteiger partial charge is 0.395 e. The molecule has 0 aliphatic rings. The molecule has 15 heavy (non-hydrogen) atoms. The van der Waals surface area contributed by atoms with Gasteiger partial charge in [-0.15, -0.1) is 0 Å². The predicted octanol–water partition coefficient (Wildman–Crippen LogP) is 2.25. The van der Waals surface area contributed by atoms with Crippen molar-refractivity contribution < 1.29 is 22.7 Å². The van der Waals surface area contributed by atoms with Crippen LogP contribution in [0.15, 0.2) is 0 Å². The zero-order chi connectivity index (χ0) is 11.6. The van der Waals surface area contributed by atoms with E-state index in [1.807, 2.05) is 0 Å². The molecule has 0 aliphatic heterocycles. The predicted molar refractivity (Wildman–Crippen MR) is 54.6 cm³/mol. The molecule has 1 aromatic rings. The van der Waals surface area contributed by atoms with Gasteiger partial charge < -0.3 is 10.4 Å². The van der Waals surface area contributed by atoms with Crippen molar-refractivity contribution >= 4 is 28.3 Å². The minimum atomic E-state index is -1.49. The number of hydrogen-bond donors (Lipinski definition) is 2. The van der Waals surface area contributed by atoms with Gasteiger partial charge in [0.1, 0.15) is 5.69 Å². The van der Waals surface area contributed by atoms with E-state index < -0.39 is 39.1 Å². The van der Waals surface area contributed by atoms with Crippen molar-refractivity contribution in [1.29, 1.82) is 0 Å². The molecule has 0 spiro atoms. The van der Waals surface area contributed by atoms with Crippen molar-refractivity contribution in [3.8, 4) is 0 Å². The standard InChI is InChI=1S/C8H6F4INO/c9-3-5(11)8(14-1-2-15)6(12)4(10)7(3)13/h14-15H,1-2H2. The van der Waals surface area contributed by atoms with Gasteiger partial charge in [0.2, 0.25) is 0 Å². The van der Waals surface area contributed by atoms with Crippen LogP contribution in [0.3, 0.4) is 0 Å². The third kappa shape index (κ3) is 2.33. The van der Waals surface area contributed by atoms with Crippen LogP contribution < -0.4 is 5.32 Å². The topological polar surface area (TPSA) is 32.3 Å². The van der Waals surface area contributed by atoms with Crippen LogP contribution in [0.4, 0.5) is 23.2 Å². The SMILES string of the molecule is OCCNc1c(F)c(F)c(I)c(F)c1F. The zero-order valence-electron chi connectivity index (χ0n) is 7.25. The number of benzene rings is 1. The summed E-state index contributed by atoms with van der Waals surface area (Å²) >= 11 is 1.17. The van der Waals surface area contributed by atoms with Crippen molar-refractivity contribution in [3.63, 3.8) is 0 Å². The smallest absolute Gasteiger partial charge is 0.186 e. The number of rotatable bonds is 3. The van der Waals surface area contributed by atoms with Gasteiger partial charge in [-0.25, -0.2) is 17.6 Å². The normalized spacial score (nSPS) is 10.5. The molecule has 0 amide bonds. The minimum Gasteiger partial charge on any atom is -0.395 e. The quantitative estimate of drug-likeness (QED) is 0.384. The van der Waals surface area contributed by atoms with E-state index in [-0.39, 0.29) is 6.54 Å². The highest BCUT2D eigenvalue weighted by atomic mass is 127. The lowest BCUT2D eigenvalue weighted by molar-refractivity contribution is 0.310. The number of hydrogen-bond acceptors (Lipinski definition) is 2. The highest BCUT2D eigenvalue weighted by Gasteiger charge is 2.23. The molecular formula is C8H6F4INO. The second-order valence-electron chi connectivity index (χ2n) is 2.60. The first-order valence-corrected chi connectivity index (χ1v) is 4.94. The second-order valence-corrected chi connectivity index (χ2v) is 3.67. The molecule has 0 radical (unpaired) electrons. The summed E-state index contributed by atoms with van der Waals surface area (Å²) < 4.78 is 51.4. The Morgan fingerprint density at radius 1 is 1.00 bits per heavy atom.